The van der Waals surface area contributed by atoms with E-state index in [1.807, 2.05) is 25.4 Å². The summed E-state index contributed by atoms with van der Waals surface area (Å²) in [4.78, 5) is 18.7. The van der Waals surface area contributed by atoms with Crippen LogP contribution in [0.3, 0.4) is 0 Å². The van der Waals surface area contributed by atoms with E-state index >= 15 is 0 Å². The van der Waals surface area contributed by atoms with Crippen molar-refractivity contribution < 1.29 is 0 Å². The van der Waals surface area contributed by atoms with Gasteiger partial charge in [-0.25, -0.2) is 9.97 Å². The van der Waals surface area contributed by atoms with Crippen molar-refractivity contribution in [3.05, 3.63) is 78.0 Å². The lowest BCUT2D eigenvalue weighted by Gasteiger charge is -2.19. The van der Waals surface area contributed by atoms with Crippen molar-refractivity contribution in [1.82, 2.24) is 19.9 Å². The quantitative estimate of drug-likeness (QED) is 0.479. The van der Waals surface area contributed by atoms with Crippen LogP contribution in [0.5, 0.6) is 0 Å². The standard InChI is InChI=1S/C23H26N6/c1-17-27-22(25-13-9-19-16-26-21-6-4-3-5-20(19)21)15-23(28-17)29(2)14-10-18-7-11-24-12-8-18/h3-8,11-12,15-16,26H,9-10,13-14H2,1-2H3,(H,25,27,28). The Morgan fingerprint density at radius 1 is 1.03 bits per heavy atom. The van der Waals surface area contributed by atoms with Gasteiger partial charge in [-0.15, -0.1) is 0 Å². The number of anilines is 2. The summed E-state index contributed by atoms with van der Waals surface area (Å²) in [6.45, 7) is 3.64. The summed E-state index contributed by atoms with van der Waals surface area (Å²) in [6, 6.07) is 14.5. The van der Waals surface area contributed by atoms with Gasteiger partial charge in [0.15, 0.2) is 0 Å². The van der Waals surface area contributed by atoms with Gasteiger partial charge in [-0.05, 0) is 49.1 Å². The summed E-state index contributed by atoms with van der Waals surface area (Å²) in [5.74, 6) is 2.57. The average Bonchev–Trinajstić information content (AvgIpc) is 3.15. The molecule has 0 aliphatic carbocycles. The second-order valence-electron chi connectivity index (χ2n) is 7.22. The molecule has 3 heterocycles. The molecule has 0 spiro atoms. The number of nitrogens with zero attached hydrogens (tertiary/aromatic N) is 4. The summed E-state index contributed by atoms with van der Waals surface area (Å²) in [7, 11) is 2.07. The molecule has 0 bridgehead atoms. The number of aromatic nitrogens is 4. The molecule has 29 heavy (non-hydrogen) atoms. The van der Waals surface area contributed by atoms with E-state index in [1.54, 1.807) is 0 Å². The van der Waals surface area contributed by atoms with Crippen LogP contribution in [-0.2, 0) is 12.8 Å². The topological polar surface area (TPSA) is 69.7 Å². The number of H-pyrrole nitrogens is 1. The molecule has 4 rings (SSSR count). The van der Waals surface area contributed by atoms with Gasteiger partial charge in [0.2, 0.25) is 0 Å². The molecule has 6 nitrogen and oxygen atoms in total. The smallest absolute Gasteiger partial charge is 0.134 e. The van der Waals surface area contributed by atoms with Crippen LogP contribution in [-0.4, -0.2) is 40.1 Å². The number of fused-ring (bicyclic) bond motifs is 1. The zero-order valence-corrected chi connectivity index (χ0v) is 16.9. The molecule has 0 saturated carbocycles. The van der Waals surface area contributed by atoms with Gasteiger partial charge in [-0.1, -0.05) is 18.2 Å². The van der Waals surface area contributed by atoms with Crippen molar-refractivity contribution in [3.63, 3.8) is 0 Å². The molecule has 0 aliphatic rings. The first-order valence-electron chi connectivity index (χ1n) is 9.93. The Labute approximate surface area is 171 Å². The molecule has 0 fully saturated rings. The molecular formula is C23H26N6. The molecule has 6 heteroatoms. The van der Waals surface area contributed by atoms with Gasteiger partial charge >= 0.3 is 0 Å². The van der Waals surface area contributed by atoms with Crippen LogP contribution in [0.25, 0.3) is 10.9 Å². The number of likely N-dealkylation sites (N-methyl/N-ethyl adjacent to an activating group) is 1. The van der Waals surface area contributed by atoms with Gasteiger partial charge in [-0.3, -0.25) is 4.98 Å². The predicted molar refractivity (Wildman–Crippen MR) is 118 cm³/mol. The average molecular weight is 387 g/mol. The Bertz CT molecular complexity index is 1070. The number of benzene rings is 1. The van der Waals surface area contributed by atoms with E-state index in [0.29, 0.717) is 0 Å². The fourth-order valence-corrected chi connectivity index (χ4v) is 3.46. The Morgan fingerprint density at radius 3 is 2.72 bits per heavy atom. The van der Waals surface area contributed by atoms with Crippen molar-refractivity contribution in [3.8, 4) is 0 Å². The van der Waals surface area contributed by atoms with Crippen molar-refractivity contribution in [2.24, 2.45) is 0 Å². The monoisotopic (exact) mass is 386 g/mol. The number of nitrogens with one attached hydrogen (secondary N) is 2. The zero-order valence-electron chi connectivity index (χ0n) is 16.9. The largest absolute Gasteiger partial charge is 0.370 e. The Kier molecular flexibility index (Phi) is 5.70. The van der Waals surface area contributed by atoms with Crippen LogP contribution in [0.1, 0.15) is 17.0 Å². The number of hydrogen-bond acceptors (Lipinski definition) is 5. The second kappa shape index (κ2) is 8.73. The molecule has 1 aromatic carbocycles. The van der Waals surface area contributed by atoms with Gasteiger partial charge in [0.05, 0.1) is 0 Å². The summed E-state index contributed by atoms with van der Waals surface area (Å²) < 4.78 is 0. The first kappa shape index (κ1) is 18.9. The number of aryl methyl sites for hydroxylation is 1. The minimum absolute atomic E-state index is 0.771. The van der Waals surface area contributed by atoms with Gasteiger partial charge in [0.25, 0.3) is 0 Å². The Morgan fingerprint density at radius 2 is 1.86 bits per heavy atom. The fourth-order valence-electron chi connectivity index (χ4n) is 3.46. The van der Waals surface area contributed by atoms with E-state index in [9.17, 15) is 0 Å². The summed E-state index contributed by atoms with van der Waals surface area (Å²) >= 11 is 0. The number of rotatable bonds is 8. The van der Waals surface area contributed by atoms with Gasteiger partial charge in [0, 0.05) is 55.7 Å². The maximum Gasteiger partial charge on any atom is 0.134 e. The van der Waals surface area contributed by atoms with Crippen molar-refractivity contribution in [2.75, 3.05) is 30.4 Å². The van der Waals surface area contributed by atoms with Crippen LogP contribution in [0.15, 0.2) is 61.1 Å². The molecule has 2 N–H and O–H groups in total. The summed E-state index contributed by atoms with van der Waals surface area (Å²) in [5, 5.41) is 4.74. The van der Waals surface area contributed by atoms with E-state index in [4.69, 9.17) is 0 Å². The molecule has 0 radical (unpaired) electrons. The minimum atomic E-state index is 0.771. The molecule has 148 valence electrons. The molecule has 4 aromatic rings. The third kappa shape index (κ3) is 4.71. The SMILES string of the molecule is Cc1nc(NCCc2c[nH]c3ccccc23)cc(N(C)CCc2ccncc2)n1. The Balaban J connectivity index is 1.37. The maximum absolute atomic E-state index is 4.60. The fraction of sp³-hybridized carbons (Fsp3) is 0.261. The third-order valence-corrected chi connectivity index (χ3v) is 5.08. The van der Waals surface area contributed by atoms with Gasteiger partial charge in [-0.2, -0.15) is 0 Å². The number of para-hydroxylation sites is 1. The lowest BCUT2D eigenvalue weighted by Crippen LogP contribution is -2.22. The number of aromatic amines is 1. The highest BCUT2D eigenvalue weighted by molar-refractivity contribution is 5.83. The minimum Gasteiger partial charge on any atom is -0.370 e. The molecule has 3 aromatic heterocycles. The predicted octanol–water partition coefficient (Wildman–Crippen LogP) is 3.99. The van der Waals surface area contributed by atoms with Crippen molar-refractivity contribution in [1.29, 1.82) is 0 Å². The lowest BCUT2D eigenvalue weighted by atomic mass is 10.1. The van der Waals surface area contributed by atoms with Gasteiger partial charge in [0.1, 0.15) is 17.5 Å². The van der Waals surface area contributed by atoms with Crippen LogP contribution in [0.2, 0.25) is 0 Å². The molecule has 0 amide bonds. The summed E-state index contributed by atoms with van der Waals surface area (Å²) in [5.41, 5.74) is 3.77. The highest BCUT2D eigenvalue weighted by Crippen LogP contribution is 2.19. The third-order valence-electron chi connectivity index (χ3n) is 5.08. The highest BCUT2D eigenvalue weighted by atomic mass is 15.2. The molecule has 0 atom stereocenters. The van der Waals surface area contributed by atoms with Crippen molar-refractivity contribution >= 4 is 22.5 Å². The lowest BCUT2D eigenvalue weighted by molar-refractivity contribution is 0.846. The molecule has 0 unspecified atom stereocenters. The maximum atomic E-state index is 4.60. The highest BCUT2D eigenvalue weighted by Gasteiger charge is 2.08. The van der Waals surface area contributed by atoms with E-state index in [0.717, 1.165) is 43.4 Å². The van der Waals surface area contributed by atoms with Crippen LogP contribution < -0.4 is 10.2 Å². The van der Waals surface area contributed by atoms with Gasteiger partial charge < -0.3 is 15.2 Å². The zero-order chi connectivity index (χ0) is 20.1. The van der Waals surface area contributed by atoms with Crippen molar-refractivity contribution in [2.45, 2.75) is 19.8 Å². The number of pyridine rings is 1. The first-order valence-corrected chi connectivity index (χ1v) is 9.93. The van der Waals surface area contributed by atoms with E-state index in [1.165, 1.54) is 22.0 Å². The first-order chi connectivity index (χ1) is 14.2. The van der Waals surface area contributed by atoms with Crippen LogP contribution >= 0.6 is 0 Å². The summed E-state index contributed by atoms with van der Waals surface area (Å²) in [6.07, 6.45) is 7.64. The van der Waals surface area contributed by atoms with E-state index in [2.05, 4.69) is 79.8 Å². The number of hydrogen-bond donors (Lipinski definition) is 2. The molecule has 0 aliphatic heterocycles. The molecule has 0 saturated heterocycles. The van der Waals surface area contributed by atoms with E-state index < -0.39 is 0 Å². The van der Waals surface area contributed by atoms with Crippen LogP contribution in [0, 0.1) is 6.92 Å². The second-order valence-corrected chi connectivity index (χ2v) is 7.22. The molecular weight excluding hydrogens is 360 g/mol. The van der Waals surface area contributed by atoms with Crippen LogP contribution in [0.4, 0.5) is 11.6 Å². The normalized spacial score (nSPS) is 11.0. The van der Waals surface area contributed by atoms with E-state index in [-0.39, 0.29) is 0 Å². The Hall–Kier alpha value is -3.41.